The smallest absolute Gasteiger partial charge is 0.203 e. The fraction of sp³-hybridized carbons (Fsp3) is 0.118. The van der Waals surface area contributed by atoms with E-state index in [9.17, 15) is 4.39 Å². The molecule has 0 aliphatic rings. The molecule has 0 amide bonds. The molecular formula is C17H15ClFN3. The molecule has 0 saturated heterocycles. The first-order valence-corrected chi connectivity index (χ1v) is 7.28. The predicted molar refractivity (Wildman–Crippen MR) is 87.4 cm³/mol. The summed E-state index contributed by atoms with van der Waals surface area (Å²) in [4.78, 5) is 4.36. The molecule has 0 saturated carbocycles. The number of hydrogen-bond donors (Lipinski definition) is 1. The maximum atomic E-state index is 13.6. The zero-order valence-electron chi connectivity index (χ0n) is 12.1. The molecule has 0 aliphatic heterocycles. The van der Waals surface area contributed by atoms with Crippen LogP contribution < -0.4 is 5.32 Å². The Kier molecular flexibility index (Phi) is 4.11. The Balaban J connectivity index is 1.79. The highest BCUT2D eigenvalue weighted by Crippen LogP contribution is 2.23. The van der Waals surface area contributed by atoms with E-state index in [1.54, 1.807) is 18.3 Å². The first kappa shape index (κ1) is 14.6. The van der Waals surface area contributed by atoms with Gasteiger partial charge in [0.15, 0.2) is 0 Å². The van der Waals surface area contributed by atoms with Gasteiger partial charge in [0, 0.05) is 24.2 Å². The highest BCUT2D eigenvalue weighted by molar-refractivity contribution is 6.30. The molecular weight excluding hydrogens is 301 g/mol. The SMILES string of the molecule is Cn1c(-c2ccc(Cl)cc2)cnc1NCc1ccccc1F. The average molecular weight is 316 g/mol. The molecule has 1 N–H and O–H groups in total. The average Bonchev–Trinajstić information content (AvgIpc) is 2.88. The number of anilines is 1. The lowest BCUT2D eigenvalue weighted by Crippen LogP contribution is -2.06. The van der Waals surface area contributed by atoms with E-state index in [0.29, 0.717) is 23.1 Å². The summed E-state index contributed by atoms with van der Waals surface area (Å²) in [5, 5.41) is 3.86. The Morgan fingerprint density at radius 2 is 1.86 bits per heavy atom. The highest BCUT2D eigenvalue weighted by atomic mass is 35.5. The molecule has 0 unspecified atom stereocenters. The van der Waals surface area contributed by atoms with E-state index in [4.69, 9.17) is 11.6 Å². The second kappa shape index (κ2) is 6.20. The van der Waals surface area contributed by atoms with Gasteiger partial charge in [-0.15, -0.1) is 0 Å². The van der Waals surface area contributed by atoms with Crippen molar-refractivity contribution in [1.29, 1.82) is 0 Å². The maximum absolute atomic E-state index is 13.6. The molecule has 0 spiro atoms. The van der Waals surface area contributed by atoms with E-state index >= 15 is 0 Å². The number of halogens is 2. The molecule has 5 heteroatoms. The monoisotopic (exact) mass is 315 g/mol. The Morgan fingerprint density at radius 3 is 2.59 bits per heavy atom. The minimum Gasteiger partial charge on any atom is -0.351 e. The molecule has 0 radical (unpaired) electrons. The molecule has 3 rings (SSSR count). The molecule has 22 heavy (non-hydrogen) atoms. The topological polar surface area (TPSA) is 29.9 Å². The van der Waals surface area contributed by atoms with Gasteiger partial charge in [-0.2, -0.15) is 0 Å². The number of nitrogens with one attached hydrogen (secondary N) is 1. The standard InChI is InChI=1S/C17H15ClFN3/c1-22-16(12-6-8-14(18)9-7-12)11-21-17(22)20-10-13-4-2-3-5-15(13)19/h2-9,11H,10H2,1H3,(H,20,21). The van der Waals surface area contributed by atoms with Crippen molar-refractivity contribution in [3.05, 3.63) is 71.1 Å². The van der Waals surface area contributed by atoms with Crippen LogP contribution >= 0.6 is 11.6 Å². The zero-order chi connectivity index (χ0) is 15.5. The van der Waals surface area contributed by atoms with Gasteiger partial charge in [0.1, 0.15) is 5.82 Å². The van der Waals surface area contributed by atoms with Gasteiger partial charge in [0.25, 0.3) is 0 Å². The summed E-state index contributed by atoms with van der Waals surface area (Å²) in [6, 6.07) is 14.3. The quantitative estimate of drug-likeness (QED) is 0.768. The van der Waals surface area contributed by atoms with E-state index in [1.807, 2.05) is 41.9 Å². The number of rotatable bonds is 4. The molecule has 112 valence electrons. The van der Waals surface area contributed by atoms with Crippen molar-refractivity contribution in [2.45, 2.75) is 6.54 Å². The van der Waals surface area contributed by atoms with Gasteiger partial charge < -0.3 is 9.88 Å². The lowest BCUT2D eigenvalue weighted by molar-refractivity contribution is 0.612. The molecule has 1 aromatic heterocycles. The van der Waals surface area contributed by atoms with Gasteiger partial charge >= 0.3 is 0 Å². The number of nitrogens with zero attached hydrogens (tertiary/aromatic N) is 2. The van der Waals surface area contributed by atoms with Crippen molar-refractivity contribution in [1.82, 2.24) is 9.55 Å². The minimum atomic E-state index is -0.220. The third-order valence-electron chi connectivity index (χ3n) is 3.52. The lowest BCUT2D eigenvalue weighted by Gasteiger charge is -2.09. The van der Waals surface area contributed by atoms with Crippen LogP contribution in [0.2, 0.25) is 5.02 Å². The van der Waals surface area contributed by atoms with Gasteiger partial charge in [0.2, 0.25) is 5.95 Å². The molecule has 0 aliphatic carbocycles. The van der Waals surface area contributed by atoms with E-state index in [0.717, 1.165) is 11.3 Å². The Morgan fingerprint density at radius 1 is 1.14 bits per heavy atom. The second-order valence-electron chi connectivity index (χ2n) is 4.98. The van der Waals surface area contributed by atoms with Crippen molar-refractivity contribution in [3.8, 4) is 11.3 Å². The third-order valence-corrected chi connectivity index (χ3v) is 3.77. The number of hydrogen-bond acceptors (Lipinski definition) is 2. The van der Waals surface area contributed by atoms with Crippen LogP contribution in [0.3, 0.4) is 0 Å². The van der Waals surface area contributed by atoms with Gasteiger partial charge in [-0.25, -0.2) is 9.37 Å². The Bertz CT molecular complexity index is 781. The largest absolute Gasteiger partial charge is 0.351 e. The highest BCUT2D eigenvalue weighted by Gasteiger charge is 2.09. The lowest BCUT2D eigenvalue weighted by atomic mass is 10.2. The van der Waals surface area contributed by atoms with Gasteiger partial charge in [-0.3, -0.25) is 0 Å². The maximum Gasteiger partial charge on any atom is 0.203 e. The summed E-state index contributed by atoms with van der Waals surface area (Å²) in [5.41, 5.74) is 2.60. The zero-order valence-corrected chi connectivity index (χ0v) is 12.8. The van der Waals surface area contributed by atoms with Gasteiger partial charge in [-0.05, 0) is 23.8 Å². The van der Waals surface area contributed by atoms with Crippen molar-refractivity contribution >= 4 is 17.5 Å². The van der Waals surface area contributed by atoms with Crippen LogP contribution in [-0.2, 0) is 13.6 Å². The number of benzene rings is 2. The Labute approximate surface area is 133 Å². The molecule has 0 bridgehead atoms. The molecule has 0 fully saturated rings. The molecule has 3 aromatic rings. The van der Waals surface area contributed by atoms with Gasteiger partial charge in [0.05, 0.1) is 11.9 Å². The van der Waals surface area contributed by atoms with E-state index in [1.165, 1.54) is 6.07 Å². The Hall–Kier alpha value is -2.33. The summed E-state index contributed by atoms with van der Waals surface area (Å²) in [5.74, 6) is 0.468. The van der Waals surface area contributed by atoms with Crippen molar-refractivity contribution in [2.24, 2.45) is 7.05 Å². The summed E-state index contributed by atoms with van der Waals surface area (Å²) >= 11 is 5.91. The normalized spacial score (nSPS) is 10.7. The predicted octanol–water partition coefficient (Wildman–Crippen LogP) is 4.49. The first-order valence-electron chi connectivity index (χ1n) is 6.90. The van der Waals surface area contributed by atoms with E-state index in [2.05, 4.69) is 10.3 Å². The molecule has 0 atom stereocenters. The summed E-state index contributed by atoms with van der Waals surface area (Å²) in [6.07, 6.45) is 1.78. The molecule has 2 aromatic carbocycles. The van der Waals surface area contributed by atoms with Crippen molar-refractivity contribution in [3.63, 3.8) is 0 Å². The fourth-order valence-corrected chi connectivity index (χ4v) is 2.40. The van der Waals surface area contributed by atoms with Crippen LogP contribution in [0.15, 0.2) is 54.7 Å². The van der Waals surface area contributed by atoms with Crippen LogP contribution in [0.4, 0.5) is 10.3 Å². The van der Waals surface area contributed by atoms with Crippen LogP contribution in [0.5, 0.6) is 0 Å². The number of imidazole rings is 1. The minimum absolute atomic E-state index is 0.220. The second-order valence-corrected chi connectivity index (χ2v) is 5.41. The van der Waals surface area contributed by atoms with Crippen molar-refractivity contribution < 1.29 is 4.39 Å². The molecule has 1 heterocycles. The first-order chi connectivity index (χ1) is 10.6. The van der Waals surface area contributed by atoms with Crippen molar-refractivity contribution in [2.75, 3.05) is 5.32 Å². The van der Waals surface area contributed by atoms with Gasteiger partial charge in [-0.1, -0.05) is 41.9 Å². The van der Waals surface area contributed by atoms with Crippen LogP contribution in [0.25, 0.3) is 11.3 Å². The van der Waals surface area contributed by atoms with Crippen LogP contribution in [0.1, 0.15) is 5.56 Å². The third kappa shape index (κ3) is 2.97. The summed E-state index contributed by atoms with van der Waals surface area (Å²) in [7, 11) is 1.92. The summed E-state index contributed by atoms with van der Waals surface area (Å²) < 4.78 is 15.6. The fourth-order valence-electron chi connectivity index (χ4n) is 2.28. The molecule has 3 nitrogen and oxygen atoms in total. The van der Waals surface area contributed by atoms with E-state index < -0.39 is 0 Å². The van der Waals surface area contributed by atoms with Crippen LogP contribution in [-0.4, -0.2) is 9.55 Å². The summed E-state index contributed by atoms with van der Waals surface area (Å²) in [6.45, 7) is 0.386. The van der Waals surface area contributed by atoms with E-state index in [-0.39, 0.29) is 5.82 Å². The van der Waals surface area contributed by atoms with Crippen LogP contribution in [0, 0.1) is 5.82 Å². The number of aromatic nitrogens is 2.